The van der Waals surface area contributed by atoms with Gasteiger partial charge in [0.1, 0.15) is 5.75 Å². The van der Waals surface area contributed by atoms with Gasteiger partial charge in [0.05, 0.1) is 53.3 Å². The van der Waals surface area contributed by atoms with Crippen LogP contribution in [-0.4, -0.2) is 64.7 Å². The Labute approximate surface area is 223 Å². The summed E-state index contributed by atoms with van der Waals surface area (Å²) in [6.07, 6.45) is 1.66. The number of anilines is 1. The lowest BCUT2D eigenvalue weighted by Gasteiger charge is -2.32. The maximum Gasteiger partial charge on any atom is 0.337 e. The molecule has 194 valence electrons. The number of amides is 1. The number of carboxylic acid groups (broad SMARTS) is 1. The highest BCUT2D eigenvalue weighted by atomic mass is 35.5. The number of para-hydroxylation sites is 1. The molecule has 3 aromatic carbocycles. The van der Waals surface area contributed by atoms with Crippen LogP contribution >= 0.6 is 11.6 Å². The molecule has 0 unspecified atom stereocenters. The third-order valence-electron chi connectivity index (χ3n) is 7.10. The Morgan fingerprint density at radius 2 is 1.84 bits per heavy atom. The lowest BCUT2D eigenvalue weighted by Crippen LogP contribution is -2.37. The van der Waals surface area contributed by atoms with Crippen LogP contribution in [0.3, 0.4) is 0 Å². The number of hydrogen-bond donors (Lipinski definition) is 1. The fourth-order valence-corrected chi connectivity index (χ4v) is 5.40. The Hall–Kier alpha value is -4.08. The average molecular weight is 533 g/mol. The first kappa shape index (κ1) is 24.3. The minimum atomic E-state index is -0.971. The summed E-state index contributed by atoms with van der Waals surface area (Å²) in [6, 6.07) is 14.7. The number of nitrogens with zero attached hydrogens (tertiary/aromatic N) is 4. The number of fused-ring (bicyclic) bond motifs is 2. The van der Waals surface area contributed by atoms with Crippen LogP contribution in [0.15, 0.2) is 54.7 Å². The number of hydrogen-bond acceptors (Lipinski definition) is 6. The van der Waals surface area contributed by atoms with Crippen LogP contribution in [0.1, 0.15) is 26.3 Å². The summed E-state index contributed by atoms with van der Waals surface area (Å²) in [4.78, 5) is 29.0. The summed E-state index contributed by atoms with van der Waals surface area (Å²) in [7, 11) is 1.83. The minimum Gasteiger partial charge on any atom is -0.478 e. The first-order valence-corrected chi connectivity index (χ1v) is 12.6. The van der Waals surface area contributed by atoms with E-state index < -0.39 is 5.97 Å². The Balaban J connectivity index is 1.31. The van der Waals surface area contributed by atoms with Crippen LogP contribution in [-0.2, 0) is 18.3 Å². The van der Waals surface area contributed by atoms with Gasteiger partial charge in [-0.15, -0.1) is 0 Å². The minimum absolute atomic E-state index is 0.0633. The molecule has 2 aliphatic rings. The first-order valence-electron chi connectivity index (χ1n) is 12.3. The van der Waals surface area contributed by atoms with Gasteiger partial charge in [-0.25, -0.2) is 4.79 Å². The Morgan fingerprint density at radius 3 is 2.63 bits per heavy atom. The number of benzene rings is 3. The van der Waals surface area contributed by atoms with Crippen molar-refractivity contribution in [2.24, 2.45) is 7.05 Å². The largest absolute Gasteiger partial charge is 0.478 e. The van der Waals surface area contributed by atoms with Gasteiger partial charge in [-0.1, -0.05) is 35.9 Å². The molecule has 10 heteroatoms. The molecular formula is C28H25ClN4O5. The number of carbonyl (C=O) groups is 2. The van der Waals surface area contributed by atoms with Gasteiger partial charge in [0, 0.05) is 36.7 Å². The van der Waals surface area contributed by atoms with E-state index >= 15 is 0 Å². The van der Waals surface area contributed by atoms with E-state index in [1.54, 1.807) is 34.0 Å². The SMILES string of the molecule is Cn1ncc2c(Cl)c(C(=O)N3COc4c(cccc4-c4ccc(C(=O)O)c(N5CCOCC5)c4)C3)ccc21. The number of carboxylic acids is 1. The zero-order chi connectivity index (χ0) is 26.4. The predicted octanol–water partition coefficient (Wildman–Crippen LogP) is 4.42. The molecule has 38 heavy (non-hydrogen) atoms. The van der Waals surface area contributed by atoms with Crippen LogP contribution in [0, 0.1) is 0 Å². The predicted molar refractivity (Wildman–Crippen MR) is 143 cm³/mol. The van der Waals surface area contributed by atoms with E-state index in [4.69, 9.17) is 21.1 Å². The van der Waals surface area contributed by atoms with Crippen molar-refractivity contribution >= 4 is 40.1 Å². The standard InChI is InChI=1S/C28H25ClN4O5/c1-31-23-8-7-21(25(29)22(23)14-30-31)27(34)33-15-18-3-2-4-19(26(18)38-16-33)17-5-6-20(28(35)36)24(13-17)32-9-11-37-12-10-32/h2-8,13-14H,9-12,15-16H2,1H3,(H,35,36). The topological polar surface area (TPSA) is 97.1 Å². The second kappa shape index (κ2) is 9.66. The molecule has 1 N–H and O–H groups in total. The van der Waals surface area contributed by atoms with Crippen molar-refractivity contribution < 1.29 is 24.2 Å². The molecule has 0 bridgehead atoms. The number of aryl methyl sites for hydroxylation is 1. The van der Waals surface area contributed by atoms with E-state index in [1.807, 2.05) is 42.3 Å². The van der Waals surface area contributed by atoms with Crippen LogP contribution < -0.4 is 9.64 Å². The molecular weight excluding hydrogens is 508 g/mol. The molecule has 0 radical (unpaired) electrons. The number of morpholine rings is 1. The van der Waals surface area contributed by atoms with Crippen molar-refractivity contribution in [1.82, 2.24) is 14.7 Å². The van der Waals surface area contributed by atoms with E-state index in [1.165, 1.54) is 0 Å². The highest BCUT2D eigenvalue weighted by Crippen LogP contribution is 2.39. The molecule has 3 heterocycles. The smallest absolute Gasteiger partial charge is 0.337 e. The molecule has 1 amide bonds. The van der Waals surface area contributed by atoms with E-state index in [2.05, 4.69) is 5.10 Å². The molecule has 0 spiro atoms. The summed E-state index contributed by atoms with van der Waals surface area (Å²) in [5, 5.41) is 15.1. The Kier molecular flexibility index (Phi) is 6.17. The van der Waals surface area contributed by atoms with Gasteiger partial charge in [0.15, 0.2) is 6.73 Å². The first-order chi connectivity index (χ1) is 18.4. The maximum absolute atomic E-state index is 13.4. The number of aromatic carboxylic acids is 1. The number of rotatable bonds is 4. The van der Waals surface area contributed by atoms with Crippen molar-refractivity contribution in [3.05, 3.63) is 76.4 Å². The fraction of sp³-hybridized carbons (Fsp3) is 0.250. The highest BCUT2D eigenvalue weighted by molar-refractivity contribution is 6.38. The van der Waals surface area contributed by atoms with E-state index in [0.717, 1.165) is 27.6 Å². The summed E-state index contributed by atoms with van der Waals surface area (Å²) < 4.78 is 13.3. The zero-order valence-corrected chi connectivity index (χ0v) is 21.4. The summed E-state index contributed by atoms with van der Waals surface area (Å²) in [6.45, 7) is 2.76. The van der Waals surface area contributed by atoms with Crippen molar-refractivity contribution in [1.29, 1.82) is 0 Å². The van der Waals surface area contributed by atoms with Crippen LogP contribution in [0.5, 0.6) is 5.75 Å². The van der Waals surface area contributed by atoms with Crippen LogP contribution in [0.25, 0.3) is 22.0 Å². The molecule has 4 aromatic rings. The number of aromatic nitrogens is 2. The number of ether oxygens (including phenoxy) is 2. The molecule has 6 rings (SSSR count). The average Bonchev–Trinajstić information content (AvgIpc) is 3.33. The third kappa shape index (κ3) is 4.13. The Bertz CT molecular complexity index is 1580. The monoisotopic (exact) mass is 532 g/mol. The van der Waals surface area contributed by atoms with E-state index in [0.29, 0.717) is 54.9 Å². The van der Waals surface area contributed by atoms with Gasteiger partial charge in [-0.05, 0) is 29.8 Å². The lowest BCUT2D eigenvalue weighted by atomic mass is 9.97. The second-order valence-electron chi connectivity index (χ2n) is 9.33. The molecule has 0 aliphatic carbocycles. The van der Waals surface area contributed by atoms with Crippen molar-refractivity contribution in [3.63, 3.8) is 0 Å². The summed E-state index contributed by atoms with van der Waals surface area (Å²) in [5.74, 6) is -0.514. The zero-order valence-electron chi connectivity index (χ0n) is 20.7. The molecule has 1 aromatic heterocycles. The number of halogens is 1. The molecule has 2 aliphatic heterocycles. The highest BCUT2D eigenvalue weighted by Gasteiger charge is 2.28. The molecule has 1 fully saturated rings. The van der Waals surface area contributed by atoms with Crippen molar-refractivity contribution in [2.45, 2.75) is 6.54 Å². The van der Waals surface area contributed by atoms with E-state index in [-0.39, 0.29) is 18.2 Å². The molecule has 1 saturated heterocycles. The van der Waals surface area contributed by atoms with Crippen LogP contribution in [0.2, 0.25) is 5.02 Å². The number of carbonyl (C=O) groups excluding carboxylic acids is 1. The summed E-state index contributed by atoms with van der Waals surface area (Å²) in [5.41, 5.74) is 4.70. The van der Waals surface area contributed by atoms with Crippen molar-refractivity contribution in [3.8, 4) is 16.9 Å². The van der Waals surface area contributed by atoms with Gasteiger partial charge in [-0.3, -0.25) is 9.48 Å². The summed E-state index contributed by atoms with van der Waals surface area (Å²) >= 11 is 6.59. The molecule has 0 atom stereocenters. The second-order valence-corrected chi connectivity index (χ2v) is 9.71. The third-order valence-corrected chi connectivity index (χ3v) is 7.50. The quantitative estimate of drug-likeness (QED) is 0.415. The maximum atomic E-state index is 13.4. The van der Waals surface area contributed by atoms with E-state index in [9.17, 15) is 14.7 Å². The Morgan fingerprint density at radius 1 is 1.05 bits per heavy atom. The van der Waals surface area contributed by atoms with Gasteiger partial charge in [-0.2, -0.15) is 5.10 Å². The van der Waals surface area contributed by atoms with Crippen LogP contribution in [0.4, 0.5) is 5.69 Å². The van der Waals surface area contributed by atoms with Gasteiger partial charge >= 0.3 is 5.97 Å². The van der Waals surface area contributed by atoms with Gasteiger partial charge in [0.2, 0.25) is 0 Å². The fourth-order valence-electron chi connectivity index (χ4n) is 5.11. The normalized spacial score (nSPS) is 15.3. The lowest BCUT2D eigenvalue weighted by molar-refractivity contribution is 0.0516. The van der Waals surface area contributed by atoms with Crippen molar-refractivity contribution in [2.75, 3.05) is 37.9 Å². The van der Waals surface area contributed by atoms with Gasteiger partial charge < -0.3 is 24.4 Å². The molecule has 0 saturated carbocycles. The molecule has 9 nitrogen and oxygen atoms in total. The van der Waals surface area contributed by atoms with Gasteiger partial charge in [0.25, 0.3) is 5.91 Å².